The fourth-order valence-electron chi connectivity index (χ4n) is 6.39. The second-order valence-corrected chi connectivity index (χ2v) is 10.1. The van der Waals surface area contributed by atoms with Gasteiger partial charge in [0.25, 0.3) is 5.69 Å². The molecule has 0 unspecified atom stereocenters. The minimum atomic E-state index is 0.904. The maximum absolute atomic E-state index is 6.94. The van der Waals surface area contributed by atoms with Crippen molar-refractivity contribution in [1.82, 2.24) is 4.57 Å². The highest BCUT2D eigenvalue weighted by molar-refractivity contribution is 6.12. The van der Waals surface area contributed by atoms with Crippen molar-refractivity contribution >= 4 is 43.5 Å². The van der Waals surface area contributed by atoms with E-state index < -0.39 is 0 Å². The van der Waals surface area contributed by atoms with Gasteiger partial charge in [-0.25, -0.2) is 0 Å². The van der Waals surface area contributed by atoms with Gasteiger partial charge in [-0.05, 0) is 54.6 Å². The van der Waals surface area contributed by atoms with E-state index in [-0.39, 0.29) is 0 Å². The Morgan fingerprint density at radius 1 is 0.703 bits per heavy atom. The summed E-state index contributed by atoms with van der Waals surface area (Å²) < 4.78 is 11.7. The summed E-state index contributed by atoms with van der Waals surface area (Å²) in [4.78, 5) is 0. The van der Waals surface area contributed by atoms with Gasteiger partial charge < -0.3 is 9.30 Å². The number of ether oxygens (including phenoxy) is 1. The van der Waals surface area contributed by atoms with Gasteiger partial charge in [-0.15, -0.1) is 0 Å². The summed E-state index contributed by atoms with van der Waals surface area (Å²) in [7, 11) is 2.17. The summed E-state index contributed by atoms with van der Waals surface area (Å²) in [6.07, 6.45) is 0. The van der Waals surface area contributed by atoms with Crippen LogP contribution in [-0.4, -0.2) is 4.57 Å². The molecule has 5 aromatic carbocycles. The Hall–Kier alpha value is -4.63. The van der Waals surface area contributed by atoms with Crippen molar-refractivity contribution in [1.29, 1.82) is 0 Å². The molecule has 176 valence electrons. The first-order chi connectivity index (χ1) is 18.1. The number of para-hydroxylation sites is 3. The van der Waals surface area contributed by atoms with Crippen LogP contribution in [0.4, 0.5) is 0 Å². The fraction of sp³-hybridized carbons (Fsp3) is 0.0882. The van der Waals surface area contributed by atoms with Gasteiger partial charge in [0.15, 0.2) is 0 Å². The van der Waals surface area contributed by atoms with Crippen molar-refractivity contribution in [2.75, 3.05) is 0 Å². The molecule has 0 fully saturated rings. The summed E-state index contributed by atoms with van der Waals surface area (Å²) in [6, 6.07) is 34.7. The minimum Gasteiger partial charge on any atom is -0.447 e. The van der Waals surface area contributed by atoms with Crippen molar-refractivity contribution in [3.8, 4) is 28.4 Å². The molecule has 37 heavy (non-hydrogen) atoms. The van der Waals surface area contributed by atoms with Crippen LogP contribution in [0, 0.1) is 13.8 Å². The molecule has 7 aromatic rings. The van der Waals surface area contributed by atoms with E-state index in [4.69, 9.17) is 4.74 Å². The number of benzene rings is 5. The molecule has 0 saturated carbocycles. The lowest BCUT2D eigenvalue weighted by atomic mass is 9.90. The van der Waals surface area contributed by atoms with Crippen molar-refractivity contribution in [2.45, 2.75) is 13.8 Å². The fourth-order valence-corrected chi connectivity index (χ4v) is 6.39. The molecule has 8 rings (SSSR count). The Labute approximate surface area is 214 Å². The second-order valence-electron chi connectivity index (χ2n) is 10.1. The highest BCUT2D eigenvalue weighted by Gasteiger charge is 2.35. The van der Waals surface area contributed by atoms with E-state index in [0.717, 1.165) is 28.3 Å². The predicted molar refractivity (Wildman–Crippen MR) is 152 cm³/mol. The number of aromatic nitrogens is 2. The second kappa shape index (κ2) is 7.21. The lowest BCUT2D eigenvalue weighted by Crippen LogP contribution is -2.34. The summed E-state index contributed by atoms with van der Waals surface area (Å²) >= 11 is 0. The van der Waals surface area contributed by atoms with Crippen LogP contribution in [0.15, 0.2) is 97.1 Å². The highest BCUT2D eigenvalue weighted by atomic mass is 16.5. The van der Waals surface area contributed by atoms with Gasteiger partial charge in [0.1, 0.15) is 18.5 Å². The van der Waals surface area contributed by atoms with Crippen LogP contribution in [0.3, 0.4) is 0 Å². The van der Waals surface area contributed by atoms with E-state index in [0.29, 0.717) is 0 Å². The first kappa shape index (κ1) is 20.6. The Morgan fingerprint density at radius 2 is 1.35 bits per heavy atom. The van der Waals surface area contributed by atoms with Gasteiger partial charge >= 0.3 is 0 Å². The molecule has 0 radical (unpaired) electrons. The highest BCUT2D eigenvalue weighted by Crippen LogP contribution is 2.51. The number of fused-ring (bicyclic) bond motifs is 6. The minimum absolute atomic E-state index is 0.904. The Morgan fingerprint density at radius 3 is 2.08 bits per heavy atom. The van der Waals surface area contributed by atoms with Gasteiger partial charge in [-0.2, -0.15) is 4.57 Å². The number of hydrogen-bond acceptors (Lipinski definition) is 1. The summed E-state index contributed by atoms with van der Waals surface area (Å²) in [5, 5.41) is 6.06. The van der Waals surface area contributed by atoms with Crippen LogP contribution in [0.1, 0.15) is 11.1 Å². The molecule has 3 heteroatoms. The summed E-state index contributed by atoms with van der Waals surface area (Å²) in [5.74, 6) is 1.82. The van der Waals surface area contributed by atoms with Crippen molar-refractivity contribution in [3.63, 3.8) is 0 Å². The van der Waals surface area contributed by atoms with E-state index in [9.17, 15) is 0 Å². The third kappa shape index (κ3) is 2.58. The molecule has 1 aliphatic rings. The van der Waals surface area contributed by atoms with Crippen LogP contribution in [0.25, 0.3) is 60.4 Å². The lowest BCUT2D eigenvalue weighted by Gasteiger charge is -2.25. The molecule has 0 atom stereocenters. The van der Waals surface area contributed by atoms with Crippen molar-refractivity contribution in [2.24, 2.45) is 7.05 Å². The predicted octanol–water partition coefficient (Wildman–Crippen LogP) is 8.30. The van der Waals surface area contributed by atoms with Crippen molar-refractivity contribution in [3.05, 3.63) is 108 Å². The number of nitrogens with zero attached hydrogens (tertiary/aromatic N) is 2. The van der Waals surface area contributed by atoms with Crippen LogP contribution < -0.4 is 9.30 Å². The zero-order chi connectivity index (χ0) is 24.8. The molecule has 0 amide bonds. The third-order valence-electron chi connectivity index (χ3n) is 8.19. The maximum Gasteiger partial charge on any atom is 0.259 e. The van der Waals surface area contributed by atoms with E-state index in [2.05, 4.69) is 127 Å². The Balaban J connectivity index is 1.65. The average Bonchev–Trinajstić information content (AvgIpc) is 3.26. The molecule has 0 spiro atoms. The Bertz CT molecular complexity index is 2040. The van der Waals surface area contributed by atoms with E-state index >= 15 is 0 Å². The SMILES string of the molecule is Cc1cc2cccc3c2c(c1C)-c1c(c(-n2c4ccccc4c4ccccc42)c2ccccc2[n+]1C)O3. The molecule has 1 aliphatic heterocycles. The number of aryl methyl sites for hydroxylation is 2. The number of rotatable bonds is 1. The zero-order valence-electron chi connectivity index (χ0n) is 21.0. The van der Waals surface area contributed by atoms with E-state index in [1.165, 1.54) is 54.8 Å². The van der Waals surface area contributed by atoms with Crippen LogP contribution in [0.2, 0.25) is 0 Å². The summed E-state index contributed by atoms with van der Waals surface area (Å²) in [6.45, 7) is 4.45. The van der Waals surface area contributed by atoms with Gasteiger partial charge in [-0.1, -0.05) is 66.7 Å². The van der Waals surface area contributed by atoms with Gasteiger partial charge in [0.05, 0.1) is 22.0 Å². The first-order valence-corrected chi connectivity index (χ1v) is 12.8. The largest absolute Gasteiger partial charge is 0.447 e. The topological polar surface area (TPSA) is 18.0 Å². The Kier molecular flexibility index (Phi) is 4.00. The molecule has 2 aromatic heterocycles. The lowest BCUT2D eigenvalue weighted by molar-refractivity contribution is -0.633. The van der Waals surface area contributed by atoms with Crippen LogP contribution in [-0.2, 0) is 7.05 Å². The molecular weight excluding hydrogens is 452 g/mol. The molecule has 0 N–H and O–H groups in total. The molecule has 0 bridgehead atoms. The zero-order valence-corrected chi connectivity index (χ0v) is 21.0. The number of hydrogen-bond donors (Lipinski definition) is 0. The smallest absolute Gasteiger partial charge is 0.259 e. The summed E-state index contributed by atoms with van der Waals surface area (Å²) in [5.41, 5.74) is 9.60. The third-order valence-corrected chi connectivity index (χ3v) is 8.19. The molecule has 0 aliphatic carbocycles. The van der Waals surface area contributed by atoms with Gasteiger partial charge in [0, 0.05) is 22.2 Å². The van der Waals surface area contributed by atoms with E-state index in [1.807, 2.05) is 0 Å². The first-order valence-electron chi connectivity index (χ1n) is 12.8. The standard InChI is InChI=1S/C34H25N2O/c1-20-19-22-11-10-18-29-31(22)30(21(20)2)33-34(37-29)32(25-14-6-7-15-26(25)35(33)3)36-27-16-8-4-12-23(27)24-13-5-9-17-28(24)36/h4-19H,1-3H3/q+1. The van der Waals surface area contributed by atoms with Gasteiger partial charge in [0.2, 0.25) is 11.3 Å². The molecule has 0 saturated heterocycles. The maximum atomic E-state index is 6.94. The van der Waals surface area contributed by atoms with Crippen LogP contribution >= 0.6 is 0 Å². The van der Waals surface area contributed by atoms with Crippen LogP contribution in [0.5, 0.6) is 11.5 Å². The monoisotopic (exact) mass is 477 g/mol. The average molecular weight is 478 g/mol. The quantitative estimate of drug-likeness (QED) is 0.217. The normalized spacial score (nSPS) is 12.4. The van der Waals surface area contributed by atoms with Gasteiger partial charge in [-0.3, -0.25) is 0 Å². The van der Waals surface area contributed by atoms with Crippen molar-refractivity contribution < 1.29 is 9.30 Å². The molecule has 3 heterocycles. The number of pyridine rings is 1. The molecular formula is C34H25N2O+. The van der Waals surface area contributed by atoms with E-state index in [1.54, 1.807) is 0 Å². The molecule has 3 nitrogen and oxygen atoms in total.